The zero-order chi connectivity index (χ0) is 23.5. The molecule has 0 aliphatic rings. The van der Waals surface area contributed by atoms with Gasteiger partial charge in [0.05, 0.1) is 0 Å². The van der Waals surface area contributed by atoms with Crippen molar-refractivity contribution in [2.75, 3.05) is 26.2 Å². The summed E-state index contributed by atoms with van der Waals surface area (Å²) in [5.74, 6) is -0.821. The van der Waals surface area contributed by atoms with Crippen LogP contribution in [0, 0.1) is 0 Å². The van der Waals surface area contributed by atoms with E-state index in [4.69, 9.17) is 22.9 Å². The molecular weight excluding hydrogens is 400 g/mol. The first-order valence-corrected chi connectivity index (χ1v) is 11.1. The molecule has 0 spiro atoms. The number of hydrogen-bond acceptors (Lipinski definition) is 6. The molecule has 0 rings (SSSR count). The van der Waals surface area contributed by atoms with E-state index in [0.29, 0.717) is 51.9 Å². The van der Waals surface area contributed by atoms with Gasteiger partial charge in [0.2, 0.25) is 17.7 Å². The third kappa shape index (κ3) is 16.0. The smallest absolute Gasteiger partial charge is 0.243 e. The van der Waals surface area contributed by atoms with E-state index < -0.39 is 12.1 Å². The molecule has 0 aromatic carbocycles. The van der Waals surface area contributed by atoms with Crippen LogP contribution >= 0.6 is 0 Å². The Bertz CT molecular complexity index is 553. The molecule has 0 aliphatic carbocycles. The maximum absolute atomic E-state index is 12.7. The van der Waals surface area contributed by atoms with Gasteiger partial charge in [-0.3, -0.25) is 19.4 Å². The van der Waals surface area contributed by atoms with Crippen LogP contribution < -0.4 is 38.9 Å². The van der Waals surface area contributed by atoms with Crippen molar-refractivity contribution in [2.24, 2.45) is 27.9 Å². The summed E-state index contributed by atoms with van der Waals surface area (Å²) in [6.45, 7) is 3.45. The topological polar surface area (TPSA) is 204 Å². The number of nitrogens with one attached hydrogen (secondary N) is 3. The van der Waals surface area contributed by atoms with Crippen molar-refractivity contribution in [3.63, 3.8) is 0 Å². The molecule has 0 bridgehead atoms. The molecule has 31 heavy (non-hydrogen) atoms. The molecule has 0 unspecified atom stereocenters. The highest BCUT2D eigenvalue weighted by Gasteiger charge is 2.25. The molecule has 0 aromatic rings. The molecule has 0 saturated carbocycles. The second-order valence-corrected chi connectivity index (χ2v) is 7.54. The summed E-state index contributed by atoms with van der Waals surface area (Å²) in [5.41, 5.74) is 21.6. The van der Waals surface area contributed by atoms with E-state index in [-0.39, 0.29) is 23.7 Å². The van der Waals surface area contributed by atoms with Gasteiger partial charge in [-0.15, -0.1) is 0 Å². The monoisotopic (exact) mass is 442 g/mol. The largest absolute Gasteiger partial charge is 0.370 e. The van der Waals surface area contributed by atoms with Crippen molar-refractivity contribution >= 4 is 23.7 Å². The predicted molar refractivity (Wildman–Crippen MR) is 123 cm³/mol. The lowest BCUT2D eigenvalue weighted by atomic mass is 10.1. The number of nitrogens with zero attached hydrogens (tertiary/aromatic N) is 1. The summed E-state index contributed by atoms with van der Waals surface area (Å²) in [6, 6.07) is -1.36. The maximum Gasteiger partial charge on any atom is 0.243 e. The van der Waals surface area contributed by atoms with Crippen molar-refractivity contribution in [1.82, 2.24) is 16.0 Å². The molecule has 11 nitrogen and oxygen atoms in total. The van der Waals surface area contributed by atoms with Crippen LogP contribution in [0.1, 0.15) is 64.7 Å². The Balaban J connectivity index is 4.70. The van der Waals surface area contributed by atoms with E-state index in [1.54, 1.807) is 0 Å². The molecular formula is C20H42N8O3. The molecule has 0 fully saturated rings. The van der Waals surface area contributed by atoms with Gasteiger partial charge in [0.25, 0.3) is 0 Å². The lowest BCUT2D eigenvalue weighted by Gasteiger charge is -2.23. The van der Waals surface area contributed by atoms with Gasteiger partial charge in [-0.1, -0.05) is 0 Å². The van der Waals surface area contributed by atoms with Crippen LogP contribution in [0.4, 0.5) is 0 Å². The molecule has 3 amide bonds. The SMILES string of the molecule is CC(=O)N[C@@H](CCCCN)C(=O)N[C@@H](CCCCN)C(=O)NCCCCCN=C(N)N. The van der Waals surface area contributed by atoms with Crippen molar-refractivity contribution in [3.05, 3.63) is 0 Å². The Kier molecular flexibility index (Phi) is 17.0. The minimum Gasteiger partial charge on any atom is -0.370 e. The highest BCUT2D eigenvalue weighted by atomic mass is 16.2. The number of guanidine groups is 1. The summed E-state index contributed by atoms with van der Waals surface area (Å²) in [4.78, 5) is 40.8. The molecule has 0 heterocycles. The zero-order valence-electron chi connectivity index (χ0n) is 18.8. The summed E-state index contributed by atoms with van der Waals surface area (Å²) >= 11 is 0. The quantitative estimate of drug-likeness (QED) is 0.0783. The minimum absolute atomic E-state index is 0.0740. The highest BCUT2D eigenvalue weighted by molar-refractivity contribution is 5.91. The number of carbonyl (C=O) groups excluding carboxylic acids is 3. The lowest BCUT2D eigenvalue weighted by molar-refractivity contribution is -0.132. The van der Waals surface area contributed by atoms with E-state index in [1.165, 1.54) is 6.92 Å². The third-order valence-electron chi connectivity index (χ3n) is 4.65. The molecule has 11 heteroatoms. The number of carbonyl (C=O) groups is 3. The van der Waals surface area contributed by atoms with Gasteiger partial charge in [0, 0.05) is 20.0 Å². The number of rotatable bonds is 18. The first-order valence-electron chi connectivity index (χ1n) is 11.1. The molecule has 0 aromatic heterocycles. The second kappa shape index (κ2) is 18.4. The lowest BCUT2D eigenvalue weighted by Crippen LogP contribution is -2.53. The first kappa shape index (κ1) is 28.6. The Morgan fingerprint density at radius 2 is 1.35 bits per heavy atom. The molecule has 0 radical (unpaired) electrons. The number of hydrogen-bond donors (Lipinski definition) is 7. The van der Waals surface area contributed by atoms with Gasteiger partial charge in [-0.05, 0) is 70.9 Å². The van der Waals surface area contributed by atoms with Crippen molar-refractivity contribution < 1.29 is 14.4 Å². The van der Waals surface area contributed by atoms with Crippen LogP contribution in [0.2, 0.25) is 0 Å². The van der Waals surface area contributed by atoms with Crippen LogP contribution in [0.15, 0.2) is 4.99 Å². The predicted octanol–water partition coefficient (Wildman–Crippen LogP) is -1.21. The fraction of sp³-hybridized carbons (Fsp3) is 0.800. The van der Waals surface area contributed by atoms with E-state index in [1.807, 2.05) is 0 Å². The Labute approximate surface area is 185 Å². The van der Waals surface area contributed by atoms with E-state index in [0.717, 1.165) is 32.1 Å². The van der Waals surface area contributed by atoms with E-state index in [9.17, 15) is 14.4 Å². The fourth-order valence-corrected chi connectivity index (χ4v) is 3.00. The first-order chi connectivity index (χ1) is 14.8. The summed E-state index contributed by atoms with van der Waals surface area (Å²) in [6.07, 6.45) is 6.36. The van der Waals surface area contributed by atoms with Gasteiger partial charge in [-0.25, -0.2) is 0 Å². The molecule has 0 saturated heterocycles. The average molecular weight is 443 g/mol. The summed E-state index contributed by atoms with van der Waals surface area (Å²) in [7, 11) is 0. The Hall–Kier alpha value is -2.40. The zero-order valence-corrected chi connectivity index (χ0v) is 18.8. The molecule has 180 valence electrons. The second-order valence-electron chi connectivity index (χ2n) is 7.54. The number of aliphatic imine (C=N–C) groups is 1. The summed E-state index contributed by atoms with van der Waals surface area (Å²) < 4.78 is 0. The third-order valence-corrected chi connectivity index (χ3v) is 4.65. The van der Waals surface area contributed by atoms with E-state index in [2.05, 4.69) is 20.9 Å². The van der Waals surface area contributed by atoms with Crippen molar-refractivity contribution in [1.29, 1.82) is 0 Å². The minimum atomic E-state index is -0.690. The van der Waals surface area contributed by atoms with Gasteiger partial charge in [0.1, 0.15) is 12.1 Å². The van der Waals surface area contributed by atoms with Crippen molar-refractivity contribution in [3.8, 4) is 0 Å². The molecule has 2 atom stereocenters. The standard InChI is InChI=1S/C20H42N8O3/c1-15(29)27-17(10-4-6-12-22)19(31)28-16(9-3-5-11-21)18(30)25-13-7-2-8-14-26-20(23)24/h16-17H,2-14,21-22H2,1H3,(H,25,30)(H,27,29)(H,28,31)(H4,23,24,26)/t16-,17-/m0/s1. The van der Waals surface area contributed by atoms with Crippen molar-refractivity contribution in [2.45, 2.75) is 76.8 Å². The van der Waals surface area contributed by atoms with Crippen LogP contribution in [-0.4, -0.2) is 61.9 Å². The van der Waals surface area contributed by atoms with Crippen LogP contribution in [0.5, 0.6) is 0 Å². The fourth-order valence-electron chi connectivity index (χ4n) is 3.00. The Morgan fingerprint density at radius 3 is 1.87 bits per heavy atom. The number of amides is 3. The van der Waals surface area contributed by atoms with Crippen LogP contribution in [0.3, 0.4) is 0 Å². The highest BCUT2D eigenvalue weighted by Crippen LogP contribution is 2.05. The van der Waals surface area contributed by atoms with Crippen LogP contribution in [-0.2, 0) is 14.4 Å². The van der Waals surface area contributed by atoms with Crippen LogP contribution in [0.25, 0.3) is 0 Å². The number of nitrogens with two attached hydrogens (primary N) is 4. The average Bonchev–Trinajstić information content (AvgIpc) is 2.71. The van der Waals surface area contributed by atoms with Gasteiger partial charge in [0.15, 0.2) is 5.96 Å². The summed E-state index contributed by atoms with van der Waals surface area (Å²) in [5, 5.41) is 8.33. The van der Waals surface area contributed by atoms with Gasteiger partial charge >= 0.3 is 0 Å². The maximum atomic E-state index is 12.7. The van der Waals surface area contributed by atoms with Gasteiger partial charge < -0.3 is 38.9 Å². The normalized spacial score (nSPS) is 12.5. The number of unbranched alkanes of at least 4 members (excludes halogenated alkanes) is 4. The molecule has 0 aliphatic heterocycles. The van der Waals surface area contributed by atoms with E-state index >= 15 is 0 Å². The Morgan fingerprint density at radius 1 is 0.774 bits per heavy atom. The molecule has 11 N–H and O–H groups in total. The van der Waals surface area contributed by atoms with Gasteiger partial charge in [-0.2, -0.15) is 0 Å².